The van der Waals surface area contributed by atoms with E-state index in [4.69, 9.17) is 28.3 Å². The van der Waals surface area contributed by atoms with Crippen LogP contribution in [0.2, 0.25) is 10.0 Å². The van der Waals surface area contributed by atoms with Gasteiger partial charge in [-0.15, -0.1) is 0 Å². The molecule has 0 atom stereocenters. The minimum absolute atomic E-state index is 0.0326. The third kappa shape index (κ3) is 3.78. The van der Waals surface area contributed by atoms with Gasteiger partial charge in [-0.25, -0.2) is 4.79 Å². The van der Waals surface area contributed by atoms with Gasteiger partial charge in [0.15, 0.2) is 0 Å². The third-order valence-corrected chi connectivity index (χ3v) is 5.73. The summed E-state index contributed by atoms with van der Waals surface area (Å²) in [4.78, 5) is 23.3. The van der Waals surface area contributed by atoms with Gasteiger partial charge in [-0.3, -0.25) is 4.79 Å². The number of nitrogens with one attached hydrogen (secondary N) is 2. The molecule has 0 aromatic heterocycles. The molecule has 2 aliphatic carbocycles. The van der Waals surface area contributed by atoms with Gasteiger partial charge in [0.05, 0.1) is 21.5 Å². The first-order valence-corrected chi connectivity index (χ1v) is 8.92. The maximum atomic E-state index is 12.3. The van der Waals surface area contributed by atoms with Gasteiger partial charge >= 0.3 is 12.0 Å². The Kier molecular flexibility index (Phi) is 4.92. The summed E-state index contributed by atoms with van der Waals surface area (Å²) in [7, 11) is 0. The Morgan fingerprint density at radius 2 is 1.75 bits per heavy atom. The molecule has 1 aromatic rings. The van der Waals surface area contributed by atoms with Crippen molar-refractivity contribution in [3.63, 3.8) is 0 Å². The van der Waals surface area contributed by atoms with Crippen molar-refractivity contribution < 1.29 is 14.7 Å². The maximum Gasteiger partial charge on any atom is 0.315 e. The Balaban J connectivity index is 1.55. The standard InChI is InChI=1S/C17H20Cl2N2O3/c18-13-6-3-11(9-14(13)19)17(7-8-17)21-16(24)20-12-4-1-10(2-5-12)15(22)23/h3,6,9-10,12H,1-2,4-5,7-8H2,(H,22,23)(H2,20,21,24). The van der Waals surface area contributed by atoms with Crippen LogP contribution in [-0.4, -0.2) is 23.1 Å². The monoisotopic (exact) mass is 370 g/mol. The van der Waals surface area contributed by atoms with E-state index in [0.717, 1.165) is 18.4 Å². The first-order chi connectivity index (χ1) is 11.4. The van der Waals surface area contributed by atoms with Crippen LogP contribution in [0, 0.1) is 5.92 Å². The highest BCUT2D eigenvalue weighted by atomic mass is 35.5. The molecule has 0 unspecified atom stereocenters. The van der Waals surface area contributed by atoms with Crippen molar-refractivity contribution in [1.82, 2.24) is 10.6 Å². The van der Waals surface area contributed by atoms with Gasteiger partial charge in [0, 0.05) is 6.04 Å². The third-order valence-electron chi connectivity index (χ3n) is 4.99. The van der Waals surface area contributed by atoms with Crippen molar-refractivity contribution in [2.24, 2.45) is 5.92 Å². The number of carboxylic acids is 1. The zero-order valence-electron chi connectivity index (χ0n) is 13.1. The smallest absolute Gasteiger partial charge is 0.315 e. The van der Waals surface area contributed by atoms with E-state index in [9.17, 15) is 9.59 Å². The molecule has 7 heteroatoms. The summed E-state index contributed by atoms with van der Waals surface area (Å²) in [5, 5.41) is 16.0. The molecule has 2 saturated carbocycles. The number of halogens is 2. The highest BCUT2D eigenvalue weighted by molar-refractivity contribution is 6.42. The number of urea groups is 1. The van der Waals surface area contributed by atoms with Crippen LogP contribution >= 0.6 is 23.2 Å². The van der Waals surface area contributed by atoms with Crippen LogP contribution in [0.1, 0.15) is 44.1 Å². The van der Waals surface area contributed by atoms with Crippen LogP contribution in [0.4, 0.5) is 4.79 Å². The minimum Gasteiger partial charge on any atom is -0.481 e. The summed E-state index contributed by atoms with van der Waals surface area (Å²) in [6.45, 7) is 0. The van der Waals surface area contributed by atoms with Gasteiger partial charge in [0.2, 0.25) is 0 Å². The van der Waals surface area contributed by atoms with Crippen molar-refractivity contribution in [2.45, 2.75) is 50.1 Å². The van der Waals surface area contributed by atoms with Gasteiger partial charge in [-0.2, -0.15) is 0 Å². The van der Waals surface area contributed by atoms with E-state index in [1.54, 1.807) is 12.1 Å². The van der Waals surface area contributed by atoms with Gasteiger partial charge < -0.3 is 15.7 Å². The van der Waals surface area contributed by atoms with E-state index in [0.29, 0.717) is 35.7 Å². The second-order valence-electron chi connectivity index (χ2n) is 6.70. The molecule has 130 valence electrons. The number of amides is 2. The van der Waals surface area contributed by atoms with E-state index < -0.39 is 5.97 Å². The SMILES string of the molecule is O=C(NC1CCC(C(=O)O)CC1)NC1(c2ccc(Cl)c(Cl)c2)CC1. The summed E-state index contributed by atoms with van der Waals surface area (Å²) in [5.74, 6) is -1.02. The largest absolute Gasteiger partial charge is 0.481 e. The molecule has 0 saturated heterocycles. The quantitative estimate of drug-likeness (QED) is 0.751. The second-order valence-corrected chi connectivity index (χ2v) is 7.51. The lowest BCUT2D eigenvalue weighted by Gasteiger charge is -2.28. The highest BCUT2D eigenvalue weighted by Crippen LogP contribution is 2.46. The van der Waals surface area contributed by atoms with Crippen LogP contribution in [-0.2, 0) is 10.3 Å². The maximum absolute atomic E-state index is 12.3. The van der Waals surface area contributed by atoms with Crippen LogP contribution in [0.15, 0.2) is 18.2 Å². The number of rotatable bonds is 4. The predicted octanol–water partition coefficient (Wildman–Crippen LogP) is 3.93. The predicted molar refractivity (Wildman–Crippen MR) is 92.4 cm³/mol. The van der Waals surface area contributed by atoms with Gasteiger partial charge in [-0.05, 0) is 56.2 Å². The highest BCUT2D eigenvalue weighted by Gasteiger charge is 2.46. The van der Waals surface area contributed by atoms with Crippen LogP contribution in [0.3, 0.4) is 0 Å². The zero-order valence-corrected chi connectivity index (χ0v) is 14.7. The summed E-state index contributed by atoms with van der Waals surface area (Å²) >= 11 is 12.0. The Morgan fingerprint density at radius 1 is 1.08 bits per heavy atom. The van der Waals surface area contributed by atoms with E-state index in [1.807, 2.05) is 6.07 Å². The van der Waals surface area contributed by atoms with Crippen molar-refractivity contribution in [2.75, 3.05) is 0 Å². The number of aliphatic carboxylic acids is 1. The number of carbonyl (C=O) groups is 2. The molecule has 3 N–H and O–H groups in total. The molecule has 2 amide bonds. The normalized spacial score (nSPS) is 24.9. The number of hydrogen-bond acceptors (Lipinski definition) is 2. The second kappa shape index (κ2) is 6.81. The topological polar surface area (TPSA) is 78.4 Å². The number of benzene rings is 1. The molecule has 0 spiro atoms. The first-order valence-electron chi connectivity index (χ1n) is 8.17. The minimum atomic E-state index is -0.741. The Bertz CT molecular complexity index is 653. The molecule has 24 heavy (non-hydrogen) atoms. The van der Waals surface area contributed by atoms with Crippen molar-refractivity contribution in [3.05, 3.63) is 33.8 Å². The Hall–Kier alpha value is -1.46. The molecule has 5 nitrogen and oxygen atoms in total. The number of hydrogen-bond donors (Lipinski definition) is 3. The molecule has 2 aliphatic rings. The number of carbonyl (C=O) groups excluding carboxylic acids is 1. The van der Waals surface area contributed by atoms with E-state index >= 15 is 0 Å². The van der Waals surface area contributed by atoms with E-state index in [1.165, 1.54) is 0 Å². The molecule has 0 bridgehead atoms. The van der Waals surface area contributed by atoms with Crippen LogP contribution in [0.25, 0.3) is 0 Å². The summed E-state index contributed by atoms with van der Waals surface area (Å²) in [6, 6.07) is 5.25. The van der Waals surface area contributed by atoms with Crippen LogP contribution in [0.5, 0.6) is 0 Å². The van der Waals surface area contributed by atoms with Crippen molar-refractivity contribution in [1.29, 1.82) is 0 Å². The Labute approximate surface area is 150 Å². The Morgan fingerprint density at radius 3 is 2.29 bits per heavy atom. The average Bonchev–Trinajstić information content (AvgIpc) is 3.31. The van der Waals surface area contributed by atoms with Crippen LogP contribution < -0.4 is 10.6 Å². The fourth-order valence-electron chi connectivity index (χ4n) is 3.33. The lowest BCUT2D eigenvalue weighted by Crippen LogP contribution is -2.47. The number of carboxylic acid groups (broad SMARTS) is 1. The molecule has 2 fully saturated rings. The fourth-order valence-corrected chi connectivity index (χ4v) is 3.63. The molecule has 3 rings (SSSR count). The van der Waals surface area contributed by atoms with Crippen molar-refractivity contribution >= 4 is 35.2 Å². The molecular weight excluding hydrogens is 351 g/mol. The van der Waals surface area contributed by atoms with Crippen molar-refractivity contribution in [3.8, 4) is 0 Å². The summed E-state index contributed by atoms with van der Waals surface area (Å²) in [5.41, 5.74) is 0.595. The average molecular weight is 371 g/mol. The zero-order chi connectivity index (χ0) is 17.3. The molecule has 1 aromatic carbocycles. The van der Waals surface area contributed by atoms with E-state index in [-0.39, 0.29) is 23.5 Å². The first kappa shape index (κ1) is 17.4. The fraction of sp³-hybridized carbons (Fsp3) is 0.529. The summed E-state index contributed by atoms with van der Waals surface area (Å²) < 4.78 is 0. The molecule has 0 radical (unpaired) electrons. The molecular formula is C17H20Cl2N2O3. The van der Waals surface area contributed by atoms with Gasteiger partial charge in [0.25, 0.3) is 0 Å². The lowest BCUT2D eigenvalue weighted by atomic mass is 9.86. The molecule has 0 aliphatic heterocycles. The lowest BCUT2D eigenvalue weighted by molar-refractivity contribution is -0.142. The van der Waals surface area contributed by atoms with E-state index in [2.05, 4.69) is 10.6 Å². The summed E-state index contributed by atoms with van der Waals surface area (Å²) in [6.07, 6.45) is 4.35. The van der Waals surface area contributed by atoms with Gasteiger partial charge in [0.1, 0.15) is 0 Å². The molecule has 0 heterocycles. The van der Waals surface area contributed by atoms with Gasteiger partial charge in [-0.1, -0.05) is 29.3 Å².